The SMILES string of the molecule is Cc1cc(C)cc(CC(=O)c2ccnnc2)c1. The first kappa shape index (κ1) is 11.5. The molecule has 0 saturated heterocycles. The minimum Gasteiger partial charge on any atom is -0.294 e. The standard InChI is InChI=1S/C14H14N2O/c1-10-5-11(2)7-12(6-10)8-14(17)13-3-4-15-16-9-13/h3-7,9H,8H2,1-2H3. The van der Waals surface area contributed by atoms with E-state index in [9.17, 15) is 4.79 Å². The molecule has 0 aliphatic rings. The fourth-order valence-corrected chi connectivity index (χ4v) is 1.91. The van der Waals surface area contributed by atoms with Crippen molar-refractivity contribution < 1.29 is 4.79 Å². The van der Waals surface area contributed by atoms with E-state index >= 15 is 0 Å². The van der Waals surface area contributed by atoms with Crippen molar-refractivity contribution in [3.63, 3.8) is 0 Å². The normalized spacial score (nSPS) is 10.2. The predicted octanol–water partition coefficient (Wildman–Crippen LogP) is 2.52. The zero-order valence-corrected chi connectivity index (χ0v) is 9.97. The van der Waals surface area contributed by atoms with Gasteiger partial charge < -0.3 is 0 Å². The molecule has 3 nitrogen and oxygen atoms in total. The second kappa shape index (κ2) is 4.87. The van der Waals surface area contributed by atoms with Crippen LogP contribution in [0, 0.1) is 13.8 Å². The topological polar surface area (TPSA) is 42.9 Å². The van der Waals surface area contributed by atoms with Crippen molar-refractivity contribution in [2.24, 2.45) is 0 Å². The summed E-state index contributed by atoms with van der Waals surface area (Å²) in [4.78, 5) is 12.0. The molecule has 0 bridgehead atoms. The second-order valence-electron chi connectivity index (χ2n) is 4.23. The van der Waals surface area contributed by atoms with Gasteiger partial charge in [0.05, 0.1) is 12.4 Å². The van der Waals surface area contributed by atoms with Gasteiger partial charge in [-0.1, -0.05) is 29.3 Å². The van der Waals surface area contributed by atoms with Gasteiger partial charge in [0.25, 0.3) is 0 Å². The molecular formula is C14H14N2O. The Hall–Kier alpha value is -2.03. The molecule has 0 amide bonds. The van der Waals surface area contributed by atoms with Crippen LogP contribution in [0.3, 0.4) is 0 Å². The molecule has 86 valence electrons. The molecule has 1 aromatic heterocycles. The summed E-state index contributed by atoms with van der Waals surface area (Å²) < 4.78 is 0. The van der Waals surface area contributed by atoms with Gasteiger partial charge >= 0.3 is 0 Å². The summed E-state index contributed by atoms with van der Waals surface area (Å²) in [5, 5.41) is 7.37. The number of nitrogens with zero attached hydrogens (tertiary/aromatic N) is 2. The fourth-order valence-electron chi connectivity index (χ4n) is 1.91. The highest BCUT2D eigenvalue weighted by molar-refractivity contribution is 5.97. The zero-order valence-electron chi connectivity index (χ0n) is 9.97. The van der Waals surface area contributed by atoms with Crippen LogP contribution >= 0.6 is 0 Å². The van der Waals surface area contributed by atoms with Crippen LogP contribution in [-0.4, -0.2) is 16.0 Å². The van der Waals surface area contributed by atoms with E-state index in [1.165, 1.54) is 23.5 Å². The number of hydrogen-bond donors (Lipinski definition) is 0. The number of hydrogen-bond acceptors (Lipinski definition) is 3. The van der Waals surface area contributed by atoms with E-state index in [0.717, 1.165) is 5.56 Å². The molecule has 0 fully saturated rings. The molecule has 3 heteroatoms. The average molecular weight is 226 g/mol. The van der Waals surface area contributed by atoms with Crippen molar-refractivity contribution in [1.82, 2.24) is 10.2 Å². The third-order valence-electron chi connectivity index (χ3n) is 2.55. The zero-order chi connectivity index (χ0) is 12.3. The summed E-state index contributed by atoms with van der Waals surface area (Å²) in [5.74, 6) is 0.0740. The molecule has 0 unspecified atom stereocenters. The van der Waals surface area contributed by atoms with Crippen LogP contribution in [0.15, 0.2) is 36.7 Å². The monoisotopic (exact) mass is 226 g/mol. The first-order chi connectivity index (χ1) is 8.15. The van der Waals surface area contributed by atoms with E-state index < -0.39 is 0 Å². The summed E-state index contributed by atoms with van der Waals surface area (Å²) in [6.45, 7) is 4.07. The molecule has 2 rings (SSSR count). The predicted molar refractivity (Wildman–Crippen MR) is 66.0 cm³/mol. The van der Waals surface area contributed by atoms with E-state index in [-0.39, 0.29) is 5.78 Å². The first-order valence-corrected chi connectivity index (χ1v) is 5.52. The van der Waals surface area contributed by atoms with Gasteiger partial charge in [0.15, 0.2) is 5.78 Å². The lowest BCUT2D eigenvalue weighted by molar-refractivity contribution is 0.0992. The molecule has 17 heavy (non-hydrogen) atoms. The quantitative estimate of drug-likeness (QED) is 0.755. The van der Waals surface area contributed by atoms with Gasteiger partial charge in [0.1, 0.15) is 0 Å². The molecule has 1 heterocycles. The molecule has 0 spiro atoms. The minimum atomic E-state index is 0.0740. The van der Waals surface area contributed by atoms with Crippen LogP contribution in [0.2, 0.25) is 0 Å². The molecule has 0 saturated carbocycles. The lowest BCUT2D eigenvalue weighted by Gasteiger charge is -2.04. The fraction of sp³-hybridized carbons (Fsp3) is 0.214. The number of ketones is 1. The van der Waals surface area contributed by atoms with E-state index in [2.05, 4.69) is 16.3 Å². The van der Waals surface area contributed by atoms with Gasteiger partial charge in [-0.2, -0.15) is 10.2 Å². The number of aryl methyl sites for hydroxylation is 2. The van der Waals surface area contributed by atoms with Crippen molar-refractivity contribution in [2.75, 3.05) is 0 Å². The highest BCUT2D eigenvalue weighted by Gasteiger charge is 2.07. The van der Waals surface area contributed by atoms with Crippen LogP contribution in [0.5, 0.6) is 0 Å². The van der Waals surface area contributed by atoms with Crippen molar-refractivity contribution in [1.29, 1.82) is 0 Å². The summed E-state index contributed by atoms with van der Waals surface area (Å²) in [6, 6.07) is 7.87. The van der Waals surface area contributed by atoms with Crippen LogP contribution in [0.25, 0.3) is 0 Å². The molecule has 0 aliphatic heterocycles. The highest BCUT2D eigenvalue weighted by atomic mass is 16.1. The first-order valence-electron chi connectivity index (χ1n) is 5.52. The van der Waals surface area contributed by atoms with Crippen LogP contribution in [0.1, 0.15) is 27.0 Å². The van der Waals surface area contributed by atoms with Crippen LogP contribution in [-0.2, 0) is 6.42 Å². The number of aromatic nitrogens is 2. The third-order valence-corrected chi connectivity index (χ3v) is 2.55. The average Bonchev–Trinajstić information content (AvgIpc) is 2.28. The Morgan fingerprint density at radius 2 is 1.82 bits per heavy atom. The lowest BCUT2D eigenvalue weighted by atomic mass is 10.0. The largest absolute Gasteiger partial charge is 0.294 e. The van der Waals surface area contributed by atoms with Gasteiger partial charge in [-0.05, 0) is 25.5 Å². The Labute approximate surface area is 101 Å². The highest BCUT2D eigenvalue weighted by Crippen LogP contribution is 2.11. The van der Waals surface area contributed by atoms with E-state index in [4.69, 9.17) is 0 Å². The van der Waals surface area contributed by atoms with Crippen molar-refractivity contribution >= 4 is 5.78 Å². The van der Waals surface area contributed by atoms with Crippen molar-refractivity contribution in [3.05, 3.63) is 58.9 Å². The molecule has 0 atom stereocenters. The Balaban J connectivity index is 2.19. The number of rotatable bonds is 3. The number of carbonyl (C=O) groups is 1. The maximum atomic E-state index is 12.0. The van der Waals surface area contributed by atoms with Gasteiger partial charge in [0.2, 0.25) is 0 Å². The third kappa shape index (κ3) is 2.97. The maximum Gasteiger partial charge on any atom is 0.168 e. The summed E-state index contributed by atoms with van der Waals surface area (Å²) in [5.41, 5.74) is 4.02. The van der Waals surface area contributed by atoms with Gasteiger partial charge in [0, 0.05) is 12.0 Å². The van der Waals surface area contributed by atoms with Crippen LogP contribution < -0.4 is 0 Å². The van der Waals surface area contributed by atoms with E-state index in [1.54, 1.807) is 6.07 Å². The van der Waals surface area contributed by atoms with Gasteiger partial charge in [-0.3, -0.25) is 4.79 Å². The van der Waals surface area contributed by atoms with E-state index in [1.807, 2.05) is 26.0 Å². The summed E-state index contributed by atoms with van der Waals surface area (Å²) in [7, 11) is 0. The molecule has 0 aliphatic carbocycles. The van der Waals surface area contributed by atoms with Crippen LogP contribution in [0.4, 0.5) is 0 Å². The Bertz CT molecular complexity index is 515. The van der Waals surface area contributed by atoms with Gasteiger partial charge in [-0.15, -0.1) is 0 Å². The lowest BCUT2D eigenvalue weighted by Crippen LogP contribution is -2.04. The molecule has 0 N–H and O–H groups in total. The minimum absolute atomic E-state index is 0.0740. The van der Waals surface area contributed by atoms with E-state index in [0.29, 0.717) is 12.0 Å². The number of carbonyl (C=O) groups excluding carboxylic acids is 1. The Morgan fingerprint density at radius 1 is 1.12 bits per heavy atom. The molecular weight excluding hydrogens is 212 g/mol. The molecule has 2 aromatic rings. The summed E-state index contributed by atoms with van der Waals surface area (Å²) >= 11 is 0. The molecule has 1 aromatic carbocycles. The maximum absolute atomic E-state index is 12.0. The molecule has 0 radical (unpaired) electrons. The Morgan fingerprint density at radius 3 is 2.41 bits per heavy atom. The number of Topliss-reactive ketones (excluding diaryl/α,β-unsaturated/α-hetero) is 1. The Kier molecular flexibility index (Phi) is 3.28. The van der Waals surface area contributed by atoms with Crippen molar-refractivity contribution in [3.8, 4) is 0 Å². The van der Waals surface area contributed by atoms with Crippen molar-refractivity contribution in [2.45, 2.75) is 20.3 Å². The second-order valence-corrected chi connectivity index (χ2v) is 4.23. The smallest absolute Gasteiger partial charge is 0.168 e. The summed E-state index contributed by atoms with van der Waals surface area (Å²) in [6.07, 6.45) is 3.45. The van der Waals surface area contributed by atoms with Gasteiger partial charge in [-0.25, -0.2) is 0 Å². The number of benzene rings is 1.